The fraction of sp³-hybridized carbons (Fsp3) is 0.667. The van der Waals surface area contributed by atoms with E-state index in [4.69, 9.17) is 4.74 Å². The Morgan fingerprint density at radius 1 is 1.54 bits per heavy atom. The van der Waals surface area contributed by atoms with Gasteiger partial charge in [-0.05, 0) is 35.7 Å². The van der Waals surface area contributed by atoms with E-state index in [0.717, 1.165) is 30.5 Å². The monoisotopic (exact) mass is 244 g/mol. The highest BCUT2D eigenvalue weighted by Crippen LogP contribution is 2.24. The highest BCUT2D eigenvalue weighted by Gasteiger charge is 2.18. The van der Waals surface area contributed by atoms with Gasteiger partial charge < -0.3 is 4.74 Å². The largest absolute Gasteiger partial charge is 0.381 e. The number of nitrogens with zero attached hydrogens (tertiary/aromatic N) is 2. The van der Waals surface area contributed by atoms with Crippen LogP contribution >= 0.6 is 15.9 Å². The van der Waals surface area contributed by atoms with Crippen LogP contribution in [0.3, 0.4) is 0 Å². The number of hydrogen-bond acceptors (Lipinski definition) is 2. The Hall–Kier alpha value is -0.350. The molecule has 0 atom stereocenters. The van der Waals surface area contributed by atoms with Gasteiger partial charge in [0, 0.05) is 18.9 Å². The zero-order valence-electron chi connectivity index (χ0n) is 7.66. The van der Waals surface area contributed by atoms with E-state index in [1.54, 1.807) is 0 Å². The van der Waals surface area contributed by atoms with Crippen LogP contribution in [0, 0.1) is 6.92 Å². The van der Waals surface area contributed by atoms with E-state index in [1.165, 1.54) is 5.69 Å². The quantitative estimate of drug-likeness (QED) is 0.759. The molecule has 1 aliphatic rings. The fourth-order valence-electron chi connectivity index (χ4n) is 1.70. The average Bonchev–Trinajstić information content (AvgIpc) is 2.49. The lowest BCUT2D eigenvalue weighted by Crippen LogP contribution is -2.21. The van der Waals surface area contributed by atoms with E-state index < -0.39 is 0 Å². The maximum atomic E-state index is 5.32. The minimum Gasteiger partial charge on any atom is -0.381 e. The number of hydrogen-bond donors (Lipinski definition) is 0. The van der Waals surface area contributed by atoms with Crippen molar-refractivity contribution in [1.82, 2.24) is 9.78 Å². The highest BCUT2D eigenvalue weighted by atomic mass is 79.9. The van der Waals surface area contributed by atoms with Crippen molar-refractivity contribution in [1.29, 1.82) is 0 Å². The summed E-state index contributed by atoms with van der Waals surface area (Å²) in [6.45, 7) is 3.82. The summed E-state index contributed by atoms with van der Waals surface area (Å²) >= 11 is 3.47. The standard InChI is InChI=1S/C9H13BrN2O/c1-7-9(10)6-11-12(7)8-2-4-13-5-3-8/h6,8H,2-5H2,1H3. The SMILES string of the molecule is Cc1c(Br)cnn1C1CCOCC1. The molecule has 4 heteroatoms. The van der Waals surface area contributed by atoms with Crippen molar-refractivity contribution in [3.05, 3.63) is 16.4 Å². The van der Waals surface area contributed by atoms with Gasteiger partial charge in [0.15, 0.2) is 0 Å². The molecular weight excluding hydrogens is 232 g/mol. The zero-order chi connectivity index (χ0) is 9.26. The topological polar surface area (TPSA) is 27.1 Å². The van der Waals surface area contributed by atoms with Crippen LogP contribution < -0.4 is 0 Å². The first-order valence-corrected chi connectivity index (χ1v) is 5.35. The highest BCUT2D eigenvalue weighted by molar-refractivity contribution is 9.10. The molecule has 1 aromatic heterocycles. The second-order valence-electron chi connectivity index (χ2n) is 3.37. The van der Waals surface area contributed by atoms with Crippen LogP contribution in [-0.2, 0) is 4.74 Å². The molecule has 13 heavy (non-hydrogen) atoms. The van der Waals surface area contributed by atoms with Crippen molar-refractivity contribution in [2.24, 2.45) is 0 Å². The van der Waals surface area contributed by atoms with E-state index in [-0.39, 0.29) is 0 Å². The molecule has 0 amide bonds. The maximum Gasteiger partial charge on any atom is 0.0635 e. The second-order valence-corrected chi connectivity index (χ2v) is 4.22. The third-order valence-corrected chi connectivity index (χ3v) is 3.30. The summed E-state index contributed by atoms with van der Waals surface area (Å²) in [6.07, 6.45) is 4.02. The number of halogens is 1. The van der Waals surface area contributed by atoms with E-state index in [0.29, 0.717) is 6.04 Å². The lowest BCUT2D eigenvalue weighted by molar-refractivity contribution is 0.0656. The van der Waals surface area contributed by atoms with Crippen molar-refractivity contribution in [2.75, 3.05) is 13.2 Å². The molecule has 2 heterocycles. The summed E-state index contributed by atoms with van der Waals surface area (Å²) in [5.74, 6) is 0. The Morgan fingerprint density at radius 3 is 2.77 bits per heavy atom. The minimum absolute atomic E-state index is 0.528. The molecule has 1 saturated heterocycles. The van der Waals surface area contributed by atoms with E-state index in [2.05, 4.69) is 32.6 Å². The molecular formula is C9H13BrN2O. The summed E-state index contributed by atoms with van der Waals surface area (Å²) in [5, 5.41) is 4.35. The van der Waals surface area contributed by atoms with Gasteiger partial charge in [0.2, 0.25) is 0 Å². The van der Waals surface area contributed by atoms with Crippen LogP contribution in [0.2, 0.25) is 0 Å². The molecule has 0 bridgehead atoms. The molecule has 1 aromatic rings. The van der Waals surface area contributed by atoms with Crippen molar-refractivity contribution in [3.8, 4) is 0 Å². The first-order chi connectivity index (χ1) is 6.29. The van der Waals surface area contributed by atoms with Crippen molar-refractivity contribution in [2.45, 2.75) is 25.8 Å². The average molecular weight is 245 g/mol. The third kappa shape index (κ3) is 1.79. The molecule has 0 unspecified atom stereocenters. The second kappa shape index (κ2) is 3.80. The molecule has 0 radical (unpaired) electrons. The first kappa shape index (κ1) is 9.21. The summed E-state index contributed by atoms with van der Waals surface area (Å²) in [4.78, 5) is 0. The predicted molar refractivity (Wildman–Crippen MR) is 53.8 cm³/mol. The van der Waals surface area contributed by atoms with Gasteiger partial charge in [-0.2, -0.15) is 5.10 Å². The molecule has 0 saturated carbocycles. The Bertz CT molecular complexity index is 292. The molecule has 2 rings (SSSR count). The molecule has 0 spiro atoms. The van der Waals surface area contributed by atoms with Crippen LogP contribution in [0.25, 0.3) is 0 Å². The third-order valence-electron chi connectivity index (χ3n) is 2.52. The number of aromatic nitrogens is 2. The normalized spacial score (nSPS) is 19.2. The van der Waals surface area contributed by atoms with E-state index >= 15 is 0 Å². The van der Waals surface area contributed by atoms with E-state index in [1.807, 2.05) is 6.20 Å². The molecule has 0 N–H and O–H groups in total. The molecule has 72 valence electrons. The van der Waals surface area contributed by atoms with Gasteiger partial charge >= 0.3 is 0 Å². The Morgan fingerprint density at radius 2 is 2.23 bits per heavy atom. The summed E-state index contributed by atoms with van der Waals surface area (Å²) in [7, 11) is 0. The maximum absolute atomic E-state index is 5.32. The van der Waals surface area contributed by atoms with Crippen LogP contribution in [0.5, 0.6) is 0 Å². The van der Waals surface area contributed by atoms with Gasteiger partial charge in [-0.3, -0.25) is 4.68 Å². The molecule has 0 aromatic carbocycles. The van der Waals surface area contributed by atoms with Gasteiger partial charge in [-0.15, -0.1) is 0 Å². The molecule has 0 aliphatic carbocycles. The van der Waals surface area contributed by atoms with Gasteiger partial charge in [0.1, 0.15) is 0 Å². The summed E-state index contributed by atoms with van der Waals surface area (Å²) in [6, 6.07) is 0.528. The zero-order valence-corrected chi connectivity index (χ0v) is 9.25. The summed E-state index contributed by atoms with van der Waals surface area (Å²) < 4.78 is 8.52. The minimum atomic E-state index is 0.528. The number of rotatable bonds is 1. The fourth-order valence-corrected chi connectivity index (χ4v) is 1.97. The Labute approximate surface area is 86.2 Å². The molecule has 1 fully saturated rings. The van der Waals surface area contributed by atoms with Crippen LogP contribution in [0.15, 0.2) is 10.7 Å². The summed E-state index contributed by atoms with van der Waals surface area (Å²) in [5.41, 5.74) is 1.21. The molecule has 3 nitrogen and oxygen atoms in total. The van der Waals surface area contributed by atoms with Gasteiger partial charge in [0.05, 0.1) is 16.7 Å². The lowest BCUT2D eigenvalue weighted by Gasteiger charge is -2.23. The lowest BCUT2D eigenvalue weighted by atomic mass is 10.1. The van der Waals surface area contributed by atoms with Crippen molar-refractivity contribution in [3.63, 3.8) is 0 Å². The van der Waals surface area contributed by atoms with Crippen molar-refractivity contribution >= 4 is 15.9 Å². The Kier molecular flexibility index (Phi) is 2.69. The first-order valence-electron chi connectivity index (χ1n) is 4.56. The van der Waals surface area contributed by atoms with Crippen LogP contribution in [-0.4, -0.2) is 23.0 Å². The van der Waals surface area contributed by atoms with Crippen LogP contribution in [0.1, 0.15) is 24.6 Å². The predicted octanol–water partition coefficient (Wildman–Crippen LogP) is 2.31. The Balaban J connectivity index is 2.18. The number of ether oxygens (including phenoxy) is 1. The van der Waals surface area contributed by atoms with Gasteiger partial charge in [-0.25, -0.2) is 0 Å². The van der Waals surface area contributed by atoms with Gasteiger partial charge in [0.25, 0.3) is 0 Å². The van der Waals surface area contributed by atoms with Crippen LogP contribution in [0.4, 0.5) is 0 Å². The smallest absolute Gasteiger partial charge is 0.0635 e. The molecule has 1 aliphatic heterocycles. The van der Waals surface area contributed by atoms with E-state index in [9.17, 15) is 0 Å². The van der Waals surface area contributed by atoms with Crippen molar-refractivity contribution < 1.29 is 4.74 Å². The van der Waals surface area contributed by atoms with Gasteiger partial charge in [-0.1, -0.05) is 0 Å².